The van der Waals surface area contributed by atoms with Crippen LogP contribution in [0.4, 0.5) is 5.69 Å². The fraction of sp³-hybridized carbons (Fsp3) is 0.241. The summed E-state index contributed by atoms with van der Waals surface area (Å²) in [4.78, 5) is 48.5. The normalized spacial score (nSPS) is 17.1. The lowest BCUT2D eigenvalue weighted by Crippen LogP contribution is -2.52. The predicted molar refractivity (Wildman–Crippen MR) is 140 cm³/mol. The second kappa shape index (κ2) is 8.58. The van der Waals surface area contributed by atoms with Crippen molar-refractivity contribution in [2.75, 3.05) is 11.4 Å². The van der Waals surface area contributed by atoms with Gasteiger partial charge in [-0.3, -0.25) is 19.3 Å². The minimum absolute atomic E-state index is 0.0579. The number of carbonyl (C=O) groups is 3. The van der Waals surface area contributed by atoms with E-state index in [9.17, 15) is 14.4 Å². The number of aromatic nitrogens is 2. The van der Waals surface area contributed by atoms with E-state index < -0.39 is 6.17 Å². The monoisotopic (exact) mass is 493 g/mol. The van der Waals surface area contributed by atoms with Gasteiger partial charge in [0, 0.05) is 18.2 Å². The minimum Gasteiger partial charge on any atom is -0.344 e. The number of hydrogen-bond donors (Lipinski definition) is 1. The fourth-order valence-electron chi connectivity index (χ4n) is 5.48. The van der Waals surface area contributed by atoms with E-state index in [-0.39, 0.29) is 36.2 Å². The summed E-state index contributed by atoms with van der Waals surface area (Å²) in [5, 5.41) is 3.12. The standard InChI is InChI=1S/C29H27N5O3/c1-17(2)25(26-30-21-13-7-9-15-23(21)32(26)3)31-24(35)16-33-27-18-10-4-5-11-19(18)29(37)34(27)22-14-8-6-12-20(22)28(33)36/h4-15,17,25,27H,16H2,1-3H3,(H,31,35)/t25-,27+/m0/s1. The summed E-state index contributed by atoms with van der Waals surface area (Å²) >= 11 is 0. The van der Waals surface area contributed by atoms with Crippen molar-refractivity contribution in [1.82, 2.24) is 19.8 Å². The molecular formula is C29H27N5O3. The van der Waals surface area contributed by atoms with E-state index in [2.05, 4.69) is 5.32 Å². The van der Waals surface area contributed by atoms with Crippen molar-refractivity contribution in [2.24, 2.45) is 13.0 Å². The third-order valence-electron chi connectivity index (χ3n) is 7.28. The maximum atomic E-state index is 13.7. The van der Waals surface area contributed by atoms with Crippen LogP contribution in [0, 0.1) is 5.92 Å². The molecule has 2 aliphatic heterocycles. The molecule has 6 rings (SSSR count). The van der Waals surface area contributed by atoms with Gasteiger partial charge < -0.3 is 14.8 Å². The molecule has 2 atom stereocenters. The largest absolute Gasteiger partial charge is 0.344 e. The Hall–Kier alpha value is -4.46. The molecule has 0 aliphatic carbocycles. The van der Waals surface area contributed by atoms with Crippen LogP contribution in [0.3, 0.4) is 0 Å². The molecule has 0 bridgehead atoms. The predicted octanol–water partition coefficient (Wildman–Crippen LogP) is 4.20. The summed E-state index contributed by atoms with van der Waals surface area (Å²) in [6.07, 6.45) is -0.676. The maximum absolute atomic E-state index is 13.7. The van der Waals surface area contributed by atoms with Gasteiger partial charge in [0.2, 0.25) is 5.91 Å². The molecule has 0 unspecified atom stereocenters. The molecule has 0 saturated carbocycles. The Morgan fingerprint density at radius 3 is 2.35 bits per heavy atom. The summed E-state index contributed by atoms with van der Waals surface area (Å²) in [6.45, 7) is 3.86. The molecule has 8 nitrogen and oxygen atoms in total. The van der Waals surface area contributed by atoms with Crippen molar-refractivity contribution in [1.29, 1.82) is 0 Å². The van der Waals surface area contributed by atoms with Crippen LogP contribution >= 0.6 is 0 Å². The molecule has 37 heavy (non-hydrogen) atoms. The number of aryl methyl sites for hydroxylation is 1. The average Bonchev–Trinajstić information content (AvgIpc) is 3.39. The molecule has 8 heteroatoms. The second-order valence-corrected chi connectivity index (χ2v) is 9.89. The summed E-state index contributed by atoms with van der Waals surface area (Å²) in [6, 6.07) is 21.8. The van der Waals surface area contributed by atoms with E-state index in [4.69, 9.17) is 4.98 Å². The van der Waals surface area contributed by atoms with Gasteiger partial charge in [0.1, 0.15) is 18.5 Å². The van der Waals surface area contributed by atoms with Gasteiger partial charge in [-0.15, -0.1) is 0 Å². The van der Waals surface area contributed by atoms with E-state index in [1.165, 1.54) is 4.90 Å². The Bertz CT molecular complexity index is 1570. The first-order valence-corrected chi connectivity index (χ1v) is 12.4. The van der Waals surface area contributed by atoms with E-state index >= 15 is 0 Å². The molecule has 0 spiro atoms. The lowest BCUT2D eigenvalue weighted by atomic mass is 10.0. The summed E-state index contributed by atoms with van der Waals surface area (Å²) in [5.41, 5.74) is 4.08. The van der Waals surface area contributed by atoms with Crippen LogP contribution < -0.4 is 10.2 Å². The van der Waals surface area contributed by atoms with Crippen molar-refractivity contribution in [3.05, 3.63) is 95.3 Å². The third-order valence-corrected chi connectivity index (χ3v) is 7.28. The highest BCUT2D eigenvalue weighted by Crippen LogP contribution is 2.45. The number of benzene rings is 3. The van der Waals surface area contributed by atoms with Gasteiger partial charge >= 0.3 is 0 Å². The summed E-state index contributed by atoms with van der Waals surface area (Å²) in [7, 11) is 1.94. The molecule has 3 heterocycles. The van der Waals surface area contributed by atoms with Crippen molar-refractivity contribution in [2.45, 2.75) is 26.1 Å². The van der Waals surface area contributed by atoms with Crippen LogP contribution in [0.25, 0.3) is 11.0 Å². The summed E-state index contributed by atoms with van der Waals surface area (Å²) < 4.78 is 2.00. The number of anilines is 1. The average molecular weight is 494 g/mol. The highest BCUT2D eigenvalue weighted by molar-refractivity contribution is 6.17. The number of imidazole rings is 1. The van der Waals surface area contributed by atoms with Crippen molar-refractivity contribution in [3.63, 3.8) is 0 Å². The minimum atomic E-state index is -0.676. The zero-order valence-corrected chi connectivity index (χ0v) is 20.9. The first-order chi connectivity index (χ1) is 17.9. The van der Waals surface area contributed by atoms with Crippen molar-refractivity contribution < 1.29 is 14.4 Å². The van der Waals surface area contributed by atoms with Gasteiger partial charge in [-0.25, -0.2) is 4.98 Å². The van der Waals surface area contributed by atoms with Gasteiger partial charge in [0.25, 0.3) is 11.8 Å². The Kier molecular flexibility index (Phi) is 5.33. The first kappa shape index (κ1) is 23.0. The number of amides is 3. The van der Waals surface area contributed by atoms with E-state index in [0.717, 1.165) is 22.4 Å². The van der Waals surface area contributed by atoms with E-state index in [0.29, 0.717) is 16.8 Å². The number of nitrogens with one attached hydrogen (secondary N) is 1. The van der Waals surface area contributed by atoms with Crippen molar-refractivity contribution >= 4 is 34.4 Å². The number of fused-ring (bicyclic) bond motifs is 6. The zero-order chi connectivity index (χ0) is 25.8. The molecule has 3 amide bonds. The van der Waals surface area contributed by atoms with Crippen LogP contribution in [0.15, 0.2) is 72.8 Å². The van der Waals surface area contributed by atoms with E-state index in [1.807, 2.05) is 74.0 Å². The molecule has 186 valence electrons. The molecule has 1 aromatic heterocycles. The number of para-hydroxylation sites is 3. The number of hydrogen-bond acceptors (Lipinski definition) is 4. The highest BCUT2D eigenvalue weighted by atomic mass is 16.2. The van der Waals surface area contributed by atoms with Gasteiger partial charge in [-0.1, -0.05) is 56.3 Å². The second-order valence-electron chi connectivity index (χ2n) is 9.89. The molecule has 3 aromatic carbocycles. The van der Waals surface area contributed by atoms with Crippen LogP contribution in [-0.2, 0) is 11.8 Å². The van der Waals surface area contributed by atoms with Gasteiger partial charge in [-0.05, 0) is 36.2 Å². The Morgan fingerprint density at radius 1 is 0.919 bits per heavy atom. The molecule has 0 radical (unpaired) electrons. The lowest BCUT2D eigenvalue weighted by molar-refractivity contribution is -0.123. The van der Waals surface area contributed by atoms with E-state index in [1.54, 1.807) is 29.2 Å². The fourth-order valence-corrected chi connectivity index (χ4v) is 5.48. The Labute approximate surface area is 214 Å². The van der Waals surface area contributed by atoms with Crippen LogP contribution in [-0.4, -0.2) is 38.7 Å². The summed E-state index contributed by atoms with van der Waals surface area (Å²) in [5.74, 6) is 0.0479. The third kappa shape index (κ3) is 3.51. The maximum Gasteiger partial charge on any atom is 0.260 e. The Morgan fingerprint density at radius 2 is 1.59 bits per heavy atom. The quantitative estimate of drug-likeness (QED) is 0.451. The van der Waals surface area contributed by atoms with Crippen molar-refractivity contribution in [3.8, 4) is 0 Å². The molecule has 4 aromatic rings. The first-order valence-electron chi connectivity index (χ1n) is 12.4. The highest BCUT2D eigenvalue weighted by Gasteiger charge is 2.48. The molecule has 0 saturated heterocycles. The van der Waals surface area contributed by atoms with Crippen LogP contribution in [0.5, 0.6) is 0 Å². The SMILES string of the molecule is CC(C)[C@H](NC(=O)CN1C(=O)c2ccccc2N2C(=O)c3ccccc3[C@H]12)c1nc2ccccc2n1C. The van der Waals surface area contributed by atoms with Crippen LogP contribution in [0.1, 0.15) is 58.2 Å². The zero-order valence-electron chi connectivity index (χ0n) is 20.9. The topological polar surface area (TPSA) is 87.5 Å². The molecule has 2 aliphatic rings. The number of nitrogens with zero attached hydrogens (tertiary/aromatic N) is 4. The Balaban J connectivity index is 1.34. The number of carbonyl (C=O) groups excluding carboxylic acids is 3. The molecular weight excluding hydrogens is 466 g/mol. The smallest absolute Gasteiger partial charge is 0.260 e. The van der Waals surface area contributed by atoms with Crippen LogP contribution in [0.2, 0.25) is 0 Å². The van der Waals surface area contributed by atoms with Gasteiger partial charge in [-0.2, -0.15) is 0 Å². The van der Waals surface area contributed by atoms with Gasteiger partial charge in [0.15, 0.2) is 0 Å². The number of rotatable bonds is 5. The molecule has 1 N–H and O–H groups in total. The van der Waals surface area contributed by atoms with Gasteiger partial charge in [0.05, 0.1) is 28.3 Å². The lowest BCUT2D eigenvalue weighted by Gasteiger charge is -2.40. The molecule has 0 fully saturated rings.